The van der Waals surface area contributed by atoms with E-state index in [9.17, 15) is 0 Å². The average molecular weight is 183 g/mol. The molecular formula is C13H13N. The Morgan fingerprint density at radius 2 is 1.50 bits per heavy atom. The summed E-state index contributed by atoms with van der Waals surface area (Å²) in [5.74, 6) is 0. The van der Waals surface area contributed by atoms with Gasteiger partial charge < -0.3 is 5.32 Å². The van der Waals surface area contributed by atoms with Crippen molar-refractivity contribution in [1.82, 2.24) is 0 Å². The molecule has 2 aromatic rings. The minimum atomic E-state index is 1.14. The van der Waals surface area contributed by atoms with Crippen LogP contribution in [0.5, 0.6) is 0 Å². The molecule has 70 valence electrons. The fraction of sp³-hybridized carbons (Fsp3) is 0.0769. The summed E-state index contributed by atoms with van der Waals surface area (Å²) in [7, 11) is 1.93. The highest BCUT2D eigenvalue weighted by Crippen LogP contribution is 2.21. The lowest BCUT2D eigenvalue weighted by Crippen LogP contribution is -1.87. The van der Waals surface area contributed by atoms with Crippen LogP contribution in [-0.4, -0.2) is 7.05 Å². The SMILES string of the molecule is CNc1cccc(-c2ccccc2)c1. The van der Waals surface area contributed by atoms with E-state index in [0.29, 0.717) is 0 Å². The van der Waals surface area contributed by atoms with Gasteiger partial charge in [-0.25, -0.2) is 0 Å². The van der Waals surface area contributed by atoms with Gasteiger partial charge in [-0.15, -0.1) is 0 Å². The van der Waals surface area contributed by atoms with Crippen molar-refractivity contribution in [1.29, 1.82) is 0 Å². The Morgan fingerprint density at radius 1 is 0.786 bits per heavy atom. The Labute approximate surface area is 84.4 Å². The van der Waals surface area contributed by atoms with Gasteiger partial charge in [-0.3, -0.25) is 0 Å². The van der Waals surface area contributed by atoms with Crippen LogP contribution in [-0.2, 0) is 0 Å². The zero-order valence-corrected chi connectivity index (χ0v) is 8.20. The lowest BCUT2D eigenvalue weighted by molar-refractivity contribution is 1.51. The van der Waals surface area contributed by atoms with Crippen molar-refractivity contribution in [2.45, 2.75) is 0 Å². The van der Waals surface area contributed by atoms with Gasteiger partial charge in [-0.2, -0.15) is 0 Å². The first kappa shape index (κ1) is 8.82. The highest BCUT2D eigenvalue weighted by molar-refractivity contribution is 5.67. The molecule has 1 nitrogen and oxygen atoms in total. The van der Waals surface area contributed by atoms with E-state index in [1.165, 1.54) is 11.1 Å². The largest absolute Gasteiger partial charge is 0.388 e. The van der Waals surface area contributed by atoms with Crippen molar-refractivity contribution >= 4 is 5.69 Å². The summed E-state index contributed by atoms with van der Waals surface area (Å²) >= 11 is 0. The molecule has 0 unspecified atom stereocenters. The van der Waals surface area contributed by atoms with Gasteiger partial charge in [-0.05, 0) is 23.3 Å². The number of nitrogens with one attached hydrogen (secondary N) is 1. The fourth-order valence-corrected chi connectivity index (χ4v) is 1.48. The molecule has 2 aromatic carbocycles. The van der Waals surface area contributed by atoms with Crippen LogP contribution in [0, 0.1) is 0 Å². The number of hydrogen-bond acceptors (Lipinski definition) is 1. The van der Waals surface area contributed by atoms with Crippen LogP contribution in [0.25, 0.3) is 11.1 Å². The summed E-state index contributed by atoms with van der Waals surface area (Å²) in [5, 5.41) is 3.14. The minimum absolute atomic E-state index is 1.14. The normalized spacial score (nSPS) is 9.79. The van der Waals surface area contributed by atoms with E-state index < -0.39 is 0 Å². The van der Waals surface area contributed by atoms with Gasteiger partial charge in [0.1, 0.15) is 0 Å². The molecule has 2 rings (SSSR count). The van der Waals surface area contributed by atoms with Gasteiger partial charge in [-0.1, -0.05) is 42.5 Å². The van der Waals surface area contributed by atoms with Crippen molar-refractivity contribution in [3.63, 3.8) is 0 Å². The summed E-state index contributed by atoms with van der Waals surface area (Å²) in [6.45, 7) is 0. The monoisotopic (exact) mass is 183 g/mol. The Balaban J connectivity index is 2.42. The maximum absolute atomic E-state index is 3.14. The predicted molar refractivity (Wildman–Crippen MR) is 61.4 cm³/mol. The molecule has 0 saturated carbocycles. The predicted octanol–water partition coefficient (Wildman–Crippen LogP) is 3.40. The molecule has 0 heterocycles. The maximum Gasteiger partial charge on any atom is 0.0343 e. The van der Waals surface area contributed by atoms with E-state index in [-0.39, 0.29) is 0 Å². The summed E-state index contributed by atoms with van der Waals surface area (Å²) in [6.07, 6.45) is 0. The lowest BCUT2D eigenvalue weighted by atomic mass is 10.1. The summed E-state index contributed by atoms with van der Waals surface area (Å²) < 4.78 is 0. The topological polar surface area (TPSA) is 12.0 Å². The maximum atomic E-state index is 3.14. The first-order valence-electron chi connectivity index (χ1n) is 4.73. The first-order valence-corrected chi connectivity index (χ1v) is 4.73. The molecule has 0 aliphatic rings. The van der Waals surface area contributed by atoms with Crippen molar-refractivity contribution in [3.8, 4) is 11.1 Å². The van der Waals surface area contributed by atoms with Crippen molar-refractivity contribution in [2.24, 2.45) is 0 Å². The molecule has 0 radical (unpaired) electrons. The summed E-state index contributed by atoms with van der Waals surface area (Å²) in [4.78, 5) is 0. The highest BCUT2D eigenvalue weighted by atomic mass is 14.8. The zero-order chi connectivity index (χ0) is 9.80. The van der Waals surface area contributed by atoms with E-state index in [0.717, 1.165) is 5.69 Å². The quantitative estimate of drug-likeness (QED) is 0.752. The second-order valence-corrected chi connectivity index (χ2v) is 3.20. The third-order valence-corrected chi connectivity index (χ3v) is 2.26. The average Bonchev–Trinajstić information content (AvgIpc) is 2.30. The molecule has 0 aliphatic carbocycles. The molecule has 0 saturated heterocycles. The van der Waals surface area contributed by atoms with E-state index in [1.54, 1.807) is 0 Å². The van der Waals surface area contributed by atoms with Gasteiger partial charge in [0.15, 0.2) is 0 Å². The molecule has 0 fully saturated rings. The molecule has 14 heavy (non-hydrogen) atoms. The van der Waals surface area contributed by atoms with Crippen LogP contribution in [0.3, 0.4) is 0 Å². The van der Waals surface area contributed by atoms with Crippen LogP contribution in [0.1, 0.15) is 0 Å². The molecular weight excluding hydrogens is 170 g/mol. The van der Waals surface area contributed by atoms with Crippen LogP contribution >= 0.6 is 0 Å². The standard InChI is InChI=1S/C13H13N/c1-14-13-9-5-8-12(10-13)11-6-3-2-4-7-11/h2-10,14H,1H3. The van der Waals surface area contributed by atoms with Crippen molar-refractivity contribution < 1.29 is 0 Å². The second-order valence-electron chi connectivity index (χ2n) is 3.20. The van der Waals surface area contributed by atoms with Crippen LogP contribution in [0.2, 0.25) is 0 Å². The van der Waals surface area contributed by atoms with Crippen molar-refractivity contribution in [3.05, 3.63) is 54.6 Å². The summed E-state index contributed by atoms with van der Waals surface area (Å²) in [5.41, 5.74) is 3.65. The van der Waals surface area contributed by atoms with Crippen LogP contribution in [0.15, 0.2) is 54.6 Å². The van der Waals surface area contributed by atoms with Gasteiger partial charge in [0.25, 0.3) is 0 Å². The van der Waals surface area contributed by atoms with E-state index in [1.807, 2.05) is 13.1 Å². The number of anilines is 1. The van der Waals surface area contributed by atoms with Crippen molar-refractivity contribution in [2.75, 3.05) is 12.4 Å². The van der Waals surface area contributed by atoms with E-state index in [2.05, 4.69) is 53.8 Å². The molecule has 0 bridgehead atoms. The van der Waals surface area contributed by atoms with Gasteiger partial charge >= 0.3 is 0 Å². The van der Waals surface area contributed by atoms with E-state index >= 15 is 0 Å². The summed E-state index contributed by atoms with van der Waals surface area (Å²) in [6, 6.07) is 18.8. The Morgan fingerprint density at radius 3 is 2.21 bits per heavy atom. The molecule has 1 N–H and O–H groups in total. The first-order chi connectivity index (χ1) is 6.90. The highest BCUT2D eigenvalue weighted by Gasteiger charge is 1.96. The zero-order valence-electron chi connectivity index (χ0n) is 8.20. The third-order valence-electron chi connectivity index (χ3n) is 2.26. The van der Waals surface area contributed by atoms with Crippen LogP contribution < -0.4 is 5.32 Å². The molecule has 0 amide bonds. The van der Waals surface area contributed by atoms with Gasteiger partial charge in [0, 0.05) is 12.7 Å². The second kappa shape index (κ2) is 3.97. The molecule has 0 aromatic heterocycles. The molecule has 1 heteroatoms. The minimum Gasteiger partial charge on any atom is -0.388 e. The molecule has 0 spiro atoms. The Bertz CT molecular complexity index is 407. The van der Waals surface area contributed by atoms with Gasteiger partial charge in [0.05, 0.1) is 0 Å². The number of benzene rings is 2. The lowest BCUT2D eigenvalue weighted by Gasteiger charge is -2.04. The number of hydrogen-bond donors (Lipinski definition) is 1. The third kappa shape index (κ3) is 1.77. The molecule has 0 aliphatic heterocycles. The fourth-order valence-electron chi connectivity index (χ4n) is 1.48. The molecule has 0 atom stereocenters. The smallest absolute Gasteiger partial charge is 0.0343 e. The van der Waals surface area contributed by atoms with E-state index in [4.69, 9.17) is 0 Å². The number of rotatable bonds is 2. The van der Waals surface area contributed by atoms with Gasteiger partial charge in [0.2, 0.25) is 0 Å². The Hall–Kier alpha value is -1.76. The Kier molecular flexibility index (Phi) is 2.50. The van der Waals surface area contributed by atoms with Crippen LogP contribution in [0.4, 0.5) is 5.69 Å².